The summed E-state index contributed by atoms with van der Waals surface area (Å²) in [6.07, 6.45) is 4.40. The lowest BCUT2D eigenvalue weighted by atomic mass is 10.0. The number of esters is 1. The number of allylic oxidation sites excluding steroid dienone is 1. The second-order valence-corrected chi connectivity index (χ2v) is 3.69. The Kier molecular flexibility index (Phi) is 7.11. The number of carbonyl (C=O) groups excluding carboxylic acids is 1. The van der Waals surface area contributed by atoms with Crippen molar-refractivity contribution in [2.24, 2.45) is 5.92 Å². The molecule has 0 aromatic carbocycles. The molecule has 0 spiro atoms. The van der Waals surface area contributed by atoms with Gasteiger partial charge in [-0.15, -0.1) is 0 Å². The van der Waals surface area contributed by atoms with E-state index < -0.39 is 0 Å². The van der Waals surface area contributed by atoms with Crippen LogP contribution < -0.4 is 0 Å². The molecule has 0 aliphatic rings. The minimum Gasteiger partial charge on any atom is -0.466 e. The number of ether oxygens (including phenoxy) is 1. The average Bonchev–Trinajstić information content (AvgIpc) is 2.17. The van der Waals surface area contributed by atoms with Crippen molar-refractivity contribution in [3.8, 4) is 0 Å². The molecule has 0 heterocycles. The number of carbonyl (C=O) groups is 1. The molecule has 0 amide bonds. The van der Waals surface area contributed by atoms with Gasteiger partial charge in [0.1, 0.15) is 0 Å². The van der Waals surface area contributed by atoms with Crippen molar-refractivity contribution in [2.45, 2.75) is 33.1 Å². The highest BCUT2D eigenvalue weighted by molar-refractivity contribution is 5.82. The maximum Gasteiger partial charge on any atom is 0.330 e. The van der Waals surface area contributed by atoms with Gasteiger partial charge in [0.05, 0.1) is 7.11 Å². The lowest BCUT2D eigenvalue weighted by Crippen LogP contribution is -2.00. The lowest BCUT2D eigenvalue weighted by Gasteiger charge is -2.06. The van der Waals surface area contributed by atoms with Crippen LogP contribution in [0.5, 0.6) is 0 Å². The van der Waals surface area contributed by atoms with Crippen LogP contribution in [0.1, 0.15) is 33.1 Å². The molecule has 0 aromatic heterocycles. The van der Waals surface area contributed by atoms with Crippen LogP contribution in [-0.4, -0.2) is 24.8 Å². The van der Waals surface area contributed by atoms with Gasteiger partial charge in [0.2, 0.25) is 0 Å². The first-order valence-corrected chi connectivity index (χ1v) is 4.96. The van der Waals surface area contributed by atoms with Gasteiger partial charge in [-0.1, -0.05) is 12.5 Å². The fourth-order valence-electron chi connectivity index (χ4n) is 1.15. The summed E-state index contributed by atoms with van der Waals surface area (Å²) in [4.78, 5) is 10.8. The van der Waals surface area contributed by atoms with E-state index in [2.05, 4.69) is 4.74 Å². The molecule has 0 fully saturated rings. The highest BCUT2D eigenvalue weighted by Gasteiger charge is 2.01. The third-order valence-electron chi connectivity index (χ3n) is 2.15. The molecule has 14 heavy (non-hydrogen) atoms. The maximum absolute atomic E-state index is 10.8. The monoisotopic (exact) mass is 200 g/mol. The number of aliphatic hydroxyl groups excluding tert-OH is 1. The molecule has 0 aromatic rings. The Morgan fingerprint density at radius 3 is 2.71 bits per heavy atom. The van der Waals surface area contributed by atoms with Crippen molar-refractivity contribution in [3.63, 3.8) is 0 Å². The summed E-state index contributed by atoms with van der Waals surface area (Å²) in [5.41, 5.74) is 1.03. The van der Waals surface area contributed by atoms with E-state index in [1.54, 1.807) is 0 Å². The summed E-state index contributed by atoms with van der Waals surface area (Å²) in [7, 11) is 1.37. The van der Waals surface area contributed by atoms with E-state index in [9.17, 15) is 4.79 Å². The third kappa shape index (κ3) is 6.66. The van der Waals surface area contributed by atoms with E-state index in [0.29, 0.717) is 5.92 Å². The number of rotatable bonds is 6. The van der Waals surface area contributed by atoms with Crippen LogP contribution in [0.2, 0.25) is 0 Å². The predicted octanol–water partition coefficient (Wildman–Crippen LogP) is 1.90. The molecule has 3 nitrogen and oxygen atoms in total. The number of aliphatic hydroxyl groups is 1. The van der Waals surface area contributed by atoms with Gasteiger partial charge in [0.25, 0.3) is 0 Å². The minimum absolute atomic E-state index is 0.236. The molecule has 1 atom stereocenters. The van der Waals surface area contributed by atoms with Gasteiger partial charge in [0.15, 0.2) is 0 Å². The van der Waals surface area contributed by atoms with Crippen LogP contribution in [0.15, 0.2) is 11.6 Å². The van der Waals surface area contributed by atoms with Crippen LogP contribution in [0, 0.1) is 5.92 Å². The van der Waals surface area contributed by atoms with E-state index >= 15 is 0 Å². The fraction of sp³-hybridized carbons (Fsp3) is 0.727. The van der Waals surface area contributed by atoms with Crippen molar-refractivity contribution >= 4 is 5.97 Å². The highest BCUT2D eigenvalue weighted by atomic mass is 16.5. The van der Waals surface area contributed by atoms with E-state index in [1.807, 2.05) is 13.8 Å². The molecule has 0 saturated heterocycles. The Balaban J connectivity index is 3.68. The van der Waals surface area contributed by atoms with Gasteiger partial charge < -0.3 is 9.84 Å². The fourth-order valence-corrected chi connectivity index (χ4v) is 1.15. The predicted molar refractivity (Wildman–Crippen MR) is 55.9 cm³/mol. The van der Waals surface area contributed by atoms with Gasteiger partial charge in [-0.3, -0.25) is 0 Å². The highest BCUT2D eigenvalue weighted by Crippen LogP contribution is 2.11. The second kappa shape index (κ2) is 7.56. The molecule has 3 heteroatoms. The SMILES string of the molecule is COC(=O)/C=C(\C)CCC[C@@H](C)CO. The molecule has 0 rings (SSSR count). The topological polar surface area (TPSA) is 46.5 Å². The smallest absolute Gasteiger partial charge is 0.330 e. The van der Waals surface area contributed by atoms with Crippen molar-refractivity contribution in [1.82, 2.24) is 0 Å². The van der Waals surface area contributed by atoms with E-state index in [4.69, 9.17) is 5.11 Å². The molecular weight excluding hydrogens is 180 g/mol. The summed E-state index contributed by atoms with van der Waals surface area (Å²) in [5, 5.41) is 8.79. The molecule has 0 aliphatic heterocycles. The summed E-state index contributed by atoms with van der Waals surface area (Å²) < 4.78 is 4.51. The van der Waals surface area contributed by atoms with Gasteiger partial charge in [-0.05, 0) is 32.1 Å². The molecule has 1 N–H and O–H groups in total. The van der Waals surface area contributed by atoms with Gasteiger partial charge in [-0.2, -0.15) is 0 Å². The molecule has 0 aliphatic carbocycles. The largest absolute Gasteiger partial charge is 0.466 e. The van der Waals surface area contributed by atoms with Gasteiger partial charge in [0, 0.05) is 12.7 Å². The van der Waals surface area contributed by atoms with Crippen LogP contribution >= 0.6 is 0 Å². The normalized spacial score (nSPS) is 13.9. The lowest BCUT2D eigenvalue weighted by molar-refractivity contribution is -0.134. The van der Waals surface area contributed by atoms with Gasteiger partial charge in [-0.25, -0.2) is 4.79 Å². The summed E-state index contributed by atoms with van der Waals surface area (Å²) in [6.45, 7) is 4.17. The van der Waals surface area contributed by atoms with Crippen LogP contribution in [0.25, 0.3) is 0 Å². The first-order valence-electron chi connectivity index (χ1n) is 4.96. The zero-order chi connectivity index (χ0) is 11.0. The minimum atomic E-state index is -0.294. The molecule has 0 unspecified atom stereocenters. The van der Waals surface area contributed by atoms with Crippen LogP contribution in [0.4, 0.5) is 0 Å². The Bertz CT molecular complexity index is 197. The Hall–Kier alpha value is -0.830. The first kappa shape index (κ1) is 13.2. The second-order valence-electron chi connectivity index (χ2n) is 3.69. The quantitative estimate of drug-likeness (QED) is 0.526. The van der Waals surface area contributed by atoms with E-state index in [-0.39, 0.29) is 12.6 Å². The number of methoxy groups -OCH3 is 1. The van der Waals surface area contributed by atoms with Crippen molar-refractivity contribution < 1.29 is 14.6 Å². The van der Waals surface area contributed by atoms with E-state index in [1.165, 1.54) is 13.2 Å². The maximum atomic E-state index is 10.8. The first-order chi connectivity index (χ1) is 6.60. The molecule has 0 bridgehead atoms. The Labute approximate surface area is 85.8 Å². The van der Waals surface area contributed by atoms with Crippen molar-refractivity contribution in [1.29, 1.82) is 0 Å². The average molecular weight is 200 g/mol. The molecular formula is C11H20O3. The van der Waals surface area contributed by atoms with E-state index in [0.717, 1.165) is 24.8 Å². The Morgan fingerprint density at radius 1 is 1.57 bits per heavy atom. The number of hydrogen-bond acceptors (Lipinski definition) is 3. The van der Waals surface area contributed by atoms with Crippen molar-refractivity contribution in [3.05, 3.63) is 11.6 Å². The summed E-state index contributed by atoms with van der Waals surface area (Å²) >= 11 is 0. The number of hydrogen-bond donors (Lipinski definition) is 1. The zero-order valence-corrected chi connectivity index (χ0v) is 9.25. The summed E-state index contributed by atoms with van der Waals surface area (Å²) in [5.74, 6) is 0.0543. The van der Waals surface area contributed by atoms with Gasteiger partial charge >= 0.3 is 5.97 Å². The van der Waals surface area contributed by atoms with Crippen molar-refractivity contribution in [2.75, 3.05) is 13.7 Å². The third-order valence-corrected chi connectivity index (χ3v) is 2.15. The molecule has 82 valence electrons. The summed E-state index contributed by atoms with van der Waals surface area (Å²) in [6, 6.07) is 0. The molecule has 0 radical (unpaired) electrons. The van der Waals surface area contributed by atoms with Crippen LogP contribution in [0.3, 0.4) is 0 Å². The van der Waals surface area contributed by atoms with Crippen LogP contribution in [-0.2, 0) is 9.53 Å². The standard InChI is InChI=1S/C11H20O3/c1-9(7-11(13)14-3)5-4-6-10(2)8-12/h7,10,12H,4-6,8H2,1-3H3/b9-7+/t10-/m1/s1. The molecule has 0 saturated carbocycles. The zero-order valence-electron chi connectivity index (χ0n) is 9.25. The Morgan fingerprint density at radius 2 is 2.21 bits per heavy atom.